The molecule has 0 spiro atoms. The summed E-state index contributed by atoms with van der Waals surface area (Å²) in [7, 11) is 0. The molecular weight excluding hydrogens is 114 g/mol. The van der Waals surface area contributed by atoms with Crippen molar-refractivity contribution in [3.05, 3.63) is 12.7 Å². The van der Waals surface area contributed by atoms with E-state index in [0.717, 1.165) is 0 Å². The lowest BCUT2D eigenvalue weighted by atomic mass is 10.6. The molecule has 0 aliphatic heterocycles. The van der Waals surface area contributed by atoms with E-state index in [2.05, 4.69) is 11.9 Å². The third kappa shape index (κ3) is 5.50. The highest BCUT2D eigenvalue weighted by atomic mass is 35.5. The van der Waals surface area contributed by atoms with Crippen molar-refractivity contribution in [2.24, 2.45) is 0 Å². The standard InChI is InChI=1S/C4H6ClNO/c1-2-3-6-4(5)7/h2H,1,3H2,(H,6,7). The maximum absolute atomic E-state index is 9.81. The van der Waals surface area contributed by atoms with Gasteiger partial charge in [0, 0.05) is 6.54 Å². The van der Waals surface area contributed by atoms with Gasteiger partial charge in [-0.25, -0.2) is 0 Å². The maximum Gasteiger partial charge on any atom is 0.314 e. The van der Waals surface area contributed by atoms with E-state index in [1.54, 1.807) is 6.08 Å². The second-order valence-electron chi connectivity index (χ2n) is 0.943. The molecular formula is C4H6ClNO. The van der Waals surface area contributed by atoms with Gasteiger partial charge in [-0.15, -0.1) is 6.58 Å². The zero-order chi connectivity index (χ0) is 5.70. The van der Waals surface area contributed by atoms with Crippen LogP contribution in [-0.2, 0) is 0 Å². The highest BCUT2D eigenvalue weighted by Crippen LogP contribution is 1.73. The molecule has 7 heavy (non-hydrogen) atoms. The zero-order valence-electron chi connectivity index (χ0n) is 3.78. The molecule has 1 N–H and O–H groups in total. The van der Waals surface area contributed by atoms with Crippen LogP contribution in [-0.4, -0.2) is 11.9 Å². The third-order valence-electron chi connectivity index (χ3n) is 0.385. The van der Waals surface area contributed by atoms with Gasteiger partial charge in [-0.1, -0.05) is 6.08 Å². The molecule has 0 aromatic rings. The SMILES string of the molecule is C=CCNC(=O)Cl. The maximum atomic E-state index is 9.81. The largest absolute Gasteiger partial charge is 0.339 e. The van der Waals surface area contributed by atoms with Gasteiger partial charge in [0.1, 0.15) is 0 Å². The number of halogens is 1. The van der Waals surface area contributed by atoms with Crippen LogP contribution in [0.1, 0.15) is 0 Å². The fraction of sp³-hybridized carbons (Fsp3) is 0.250. The third-order valence-corrected chi connectivity index (χ3v) is 0.519. The number of rotatable bonds is 2. The second kappa shape index (κ2) is 3.68. The van der Waals surface area contributed by atoms with E-state index in [1.807, 2.05) is 0 Å². The molecule has 0 radical (unpaired) electrons. The lowest BCUT2D eigenvalue weighted by Crippen LogP contribution is -2.15. The molecule has 40 valence electrons. The molecule has 0 unspecified atom stereocenters. The van der Waals surface area contributed by atoms with E-state index in [9.17, 15) is 4.79 Å². The lowest BCUT2D eigenvalue weighted by molar-refractivity contribution is 0.260. The number of nitrogens with one attached hydrogen (secondary N) is 1. The monoisotopic (exact) mass is 119 g/mol. The van der Waals surface area contributed by atoms with E-state index < -0.39 is 5.37 Å². The molecule has 0 heterocycles. The summed E-state index contributed by atoms with van der Waals surface area (Å²) in [5, 5.41) is 1.76. The molecule has 1 amide bonds. The summed E-state index contributed by atoms with van der Waals surface area (Å²) >= 11 is 4.86. The zero-order valence-corrected chi connectivity index (χ0v) is 4.53. The first-order chi connectivity index (χ1) is 3.27. The molecule has 0 saturated heterocycles. The smallest absolute Gasteiger partial charge is 0.314 e. The molecule has 0 atom stereocenters. The number of amides is 1. The van der Waals surface area contributed by atoms with Gasteiger partial charge in [0.15, 0.2) is 0 Å². The Hall–Kier alpha value is -0.500. The van der Waals surface area contributed by atoms with Gasteiger partial charge in [0.2, 0.25) is 0 Å². The minimum Gasteiger partial charge on any atom is -0.339 e. The number of carbonyl (C=O) groups excluding carboxylic acids is 1. The fourth-order valence-electron chi connectivity index (χ4n) is 0.152. The van der Waals surface area contributed by atoms with E-state index in [0.29, 0.717) is 6.54 Å². The summed E-state index contributed by atoms with van der Waals surface area (Å²) in [4.78, 5) is 9.81. The lowest BCUT2D eigenvalue weighted by Gasteiger charge is -1.88. The van der Waals surface area contributed by atoms with Crippen LogP contribution in [0.3, 0.4) is 0 Å². The molecule has 0 aliphatic carbocycles. The van der Waals surface area contributed by atoms with E-state index in [-0.39, 0.29) is 0 Å². The average molecular weight is 120 g/mol. The van der Waals surface area contributed by atoms with Crippen LogP contribution in [0.15, 0.2) is 12.7 Å². The summed E-state index contributed by atoms with van der Waals surface area (Å²) in [6, 6.07) is 0. The molecule has 0 saturated carbocycles. The normalized spacial score (nSPS) is 7.57. The van der Waals surface area contributed by atoms with E-state index in [1.165, 1.54) is 0 Å². The molecule has 0 aromatic carbocycles. The Morgan fingerprint density at radius 3 is 2.71 bits per heavy atom. The molecule has 0 rings (SSSR count). The summed E-state index contributed by atoms with van der Waals surface area (Å²) < 4.78 is 0. The van der Waals surface area contributed by atoms with Gasteiger partial charge in [-0.2, -0.15) is 0 Å². The first-order valence-electron chi connectivity index (χ1n) is 1.81. The van der Waals surface area contributed by atoms with Gasteiger partial charge in [0.25, 0.3) is 0 Å². The van der Waals surface area contributed by atoms with Gasteiger partial charge in [0.05, 0.1) is 0 Å². The number of hydrogen-bond acceptors (Lipinski definition) is 1. The van der Waals surface area contributed by atoms with Gasteiger partial charge in [-0.3, -0.25) is 4.79 Å². The van der Waals surface area contributed by atoms with Gasteiger partial charge < -0.3 is 5.32 Å². The second-order valence-corrected chi connectivity index (χ2v) is 1.29. The van der Waals surface area contributed by atoms with Crippen LogP contribution in [0.25, 0.3) is 0 Å². The first-order valence-corrected chi connectivity index (χ1v) is 2.19. The van der Waals surface area contributed by atoms with Crippen molar-refractivity contribution in [3.8, 4) is 0 Å². The highest BCUT2D eigenvalue weighted by molar-refractivity contribution is 6.62. The van der Waals surface area contributed by atoms with Crippen LogP contribution in [0, 0.1) is 0 Å². The first kappa shape index (κ1) is 6.50. The molecule has 0 fully saturated rings. The number of carbonyl (C=O) groups is 1. The van der Waals surface area contributed by atoms with Crippen LogP contribution >= 0.6 is 11.6 Å². The van der Waals surface area contributed by atoms with E-state index in [4.69, 9.17) is 11.6 Å². The molecule has 0 bridgehead atoms. The Bertz CT molecular complexity index is 81.8. The minimum absolute atomic E-state index is 0.433. The van der Waals surface area contributed by atoms with Crippen molar-refractivity contribution in [1.82, 2.24) is 5.32 Å². The Morgan fingerprint density at radius 1 is 2.00 bits per heavy atom. The molecule has 2 nitrogen and oxygen atoms in total. The van der Waals surface area contributed by atoms with Crippen LogP contribution < -0.4 is 5.32 Å². The van der Waals surface area contributed by atoms with Crippen molar-refractivity contribution < 1.29 is 4.79 Å². The average Bonchev–Trinajstić information content (AvgIpc) is 1.61. The summed E-state index contributed by atoms with van der Waals surface area (Å²) in [6.07, 6.45) is 1.56. The fourth-order valence-corrected chi connectivity index (χ4v) is 0.230. The topological polar surface area (TPSA) is 29.1 Å². The highest BCUT2D eigenvalue weighted by Gasteiger charge is 1.84. The van der Waals surface area contributed by atoms with Crippen molar-refractivity contribution in [3.63, 3.8) is 0 Å². The molecule has 0 aliphatic rings. The quantitative estimate of drug-likeness (QED) is 0.330. The predicted octanol–water partition coefficient (Wildman–Crippen LogP) is 1.12. The summed E-state index contributed by atoms with van der Waals surface area (Å²) in [5.41, 5.74) is 0. The van der Waals surface area contributed by atoms with Crippen molar-refractivity contribution in [2.75, 3.05) is 6.54 Å². The van der Waals surface area contributed by atoms with Gasteiger partial charge in [-0.05, 0) is 11.6 Å². The molecule has 0 aromatic heterocycles. The summed E-state index contributed by atoms with van der Waals surface area (Å²) in [6.45, 7) is 3.79. The van der Waals surface area contributed by atoms with E-state index >= 15 is 0 Å². The minimum atomic E-state index is -0.542. The van der Waals surface area contributed by atoms with Crippen LogP contribution in [0.4, 0.5) is 4.79 Å². The Labute approximate surface area is 47.2 Å². The van der Waals surface area contributed by atoms with Crippen LogP contribution in [0.5, 0.6) is 0 Å². The van der Waals surface area contributed by atoms with Crippen LogP contribution in [0.2, 0.25) is 0 Å². The predicted molar refractivity (Wildman–Crippen MR) is 29.4 cm³/mol. The Balaban J connectivity index is 2.97. The van der Waals surface area contributed by atoms with Crippen molar-refractivity contribution >= 4 is 17.0 Å². The Morgan fingerprint density at radius 2 is 2.57 bits per heavy atom. The number of hydrogen-bond donors (Lipinski definition) is 1. The van der Waals surface area contributed by atoms with Gasteiger partial charge >= 0.3 is 5.37 Å². The Kier molecular flexibility index (Phi) is 3.42. The van der Waals surface area contributed by atoms with Crippen molar-refractivity contribution in [1.29, 1.82) is 0 Å². The molecule has 3 heteroatoms. The van der Waals surface area contributed by atoms with Crippen molar-refractivity contribution in [2.45, 2.75) is 0 Å². The summed E-state index contributed by atoms with van der Waals surface area (Å²) in [5.74, 6) is 0.